The zero-order chi connectivity index (χ0) is 13.7. The highest BCUT2D eigenvalue weighted by Gasteiger charge is 2.16. The van der Waals surface area contributed by atoms with Crippen LogP contribution in [0.3, 0.4) is 0 Å². The van der Waals surface area contributed by atoms with Gasteiger partial charge in [0.05, 0.1) is 0 Å². The number of aryl methyl sites for hydroxylation is 1. The molecule has 0 aromatic heterocycles. The zero-order valence-corrected chi connectivity index (χ0v) is 11.9. The van der Waals surface area contributed by atoms with Gasteiger partial charge in [-0.05, 0) is 50.5 Å². The molecule has 4 heteroatoms. The first-order chi connectivity index (χ1) is 9.20. The molecule has 0 spiro atoms. The van der Waals surface area contributed by atoms with Gasteiger partial charge < -0.3 is 20.1 Å². The largest absolute Gasteiger partial charge is 0.467 e. The lowest BCUT2D eigenvalue weighted by Crippen LogP contribution is -2.39. The Morgan fingerprint density at radius 2 is 2.05 bits per heavy atom. The highest BCUT2D eigenvalue weighted by molar-refractivity contribution is 5.53. The van der Waals surface area contributed by atoms with Crippen LogP contribution in [-0.4, -0.2) is 32.5 Å². The van der Waals surface area contributed by atoms with Crippen molar-refractivity contribution in [3.8, 4) is 5.75 Å². The molecule has 1 heterocycles. The monoisotopic (exact) mass is 264 g/mol. The third-order valence-electron chi connectivity index (χ3n) is 3.57. The smallest absolute Gasteiger partial charge is 0.189 e. The second-order valence-corrected chi connectivity index (χ2v) is 5.03. The summed E-state index contributed by atoms with van der Waals surface area (Å²) in [7, 11) is 0. The van der Waals surface area contributed by atoms with Gasteiger partial charge in [-0.25, -0.2) is 0 Å². The van der Waals surface area contributed by atoms with Crippen molar-refractivity contribution in [2.45, 2.75) is 32.7 Å². The van der Waals surface area contributed by atoms with E-state index in [0.29, 0.717) is 19.4 Å². The minimum Gasteiger partial charge on any atom is -0.467 e. The summed E-state index contributed by atoms with van der Waals surface area (Å²) < 4.78 is 10.8. The maximum Gasteiger partial charge on any atom is 0.189 e. The molecule has 0 radical (unpaired) electrons. The number of nitrogens with zero attached hydrogens (tertiary/aromatic N) is 1. The Morgan fingerprint density at radius 1 is 1.32 bits per heavy atom. The highest BCUT2D eigenvalue weighted by Crippen LogP contribution is 2.26. The molecule has 0 amide bonds. The normalized spacial score (nSPS) is 16.7. The van der Waals surface area contributed by atoms with Crippen LogP contribution in [0.15, 0.2) is 18.2 Å². The van der Waals surface area contributed by atoms with Crippen LogP contribution in [0.2, 0.25) is 0 Å². The van der Waals surface area contributed by atoms with Gasteiger partial charge in [0.2, 0.25) is 0 Å². The predicted molar refractivity (Wildman–Crippen MR) is 77.7 cm³/mol. The molecule has 0 atom stereocenters. The fourth-order valence-electron chi connectivity index (χ4n) is 2.34. The van der Waals surface area contributed by atoms with Crippen molar-refractivity contribution in [2.24, 2.45) is 5.73 Å². The molecule has 1 fully saturated rings. The average molecular weight is 264 g/mol. The molecule has 106 valence electrons. The van der Waals surface area contributed by atoms with Crippen molar-refractivity contribution in [1.29, 1.82) is 0 Å². The first-order valence-electron chi connectivity index (χ1n) is 7.02. The minimum atomic E-state index is 0.315. The molecule has 1 aliphatic rings. The molecular formula is C15H24N2O2. The summed E-state index contributed by atoms with van der Waals surface area (Å²) in [5, 5.41) is 0. The third kappa shape index (κ3) is 3.85. The van der Waals surface area contributed by atoms with Crippen LogP contribution >= 0.6 is 0 Å². The van der Waals surface area contributed by atoms with E-state index < -0.39 is 0 Å². The van der Waals surface area contributed by atoms with Crippen LogP contribution in [0.1, 0.15) is 25.3 Å². The van der Waals surface area contributed by atoms with Crippen molar-refractivity contribution in [3.63, 3.8) is 0 Å². The topological polar surface area (TPSA) is 47.7 Å². The van der Waals surface area contributed by atoms with Crippen LogP contribution in [0, 0.1) is 6.92 Å². The fourth-order valence-corrected chi connectivity index (χ4v) is 2.34. The van der Waals surface area contributed by atoms with Crippen LogP contribution in [0.5, 0.6) is 5.75 Å². The number of hydrogen-bond donors (Lipinski definition) is 1. The lowest BCUT2D eigenvalue weighted by atomic mass is 10.0. The molecule has 1 aromatic rings. The average Bonchev–Trinajstić information content (AvgIpc) is 2.42. The maximum atomic E-state index is 5.94. The molecule has 0 unspecified atom stereocenters. The summed E-state index contributed by atoms with van der Waals surface area (Å²) in [5.74, 6) is 0.894. The van der Waals surface area contributed by atoms with Crippen molar-refractivity contribution >= 4 is 5.69 Å². The maximum absolute atomic E-state index is 5.94. The van der Waals surface area contributed by atoms with E-state index in [-0.39, 0.29) is 0 Å². The van der Waals surface area contributed by atoms with Crippen molar-refractivity contribution < 1.29 is 9.47 Å². The lowest BCUT2D eigenvalue weighted by Gasteiger charge is -2.32. The number of anilines is 1. The van der Waals surface area contributed by atoms with Gasteiger partial charge in [0.15, 0.2) is 6.79 Å². The summed E-state index contributed by atoms with van der Waals surface area (Å²) >= 11 is 0. The Labute approximate surface area is 115 Å². The lowest BCUT2D eigenvalue weighted by molar-refractivity contribution is 0.0220. The quantitative estimate of drug-likeness (QED) is 0.655. The first kappa shape index (κ1) is 14.2. The van der Waals surface area contributed by atoms with E-state index in [9.17, 15) is 0 Å². The van der Waals surface area contributed by atoms with Gasteiger partial charge in [0, 0.05) is 31.4 Å². The van der Waals surface area contributed by atoms with Crippen LogP contribution in [0.4, 0.5) is 5.69 Å². The summed E-state index contributed by atoms with van der Waals surface area (Å²) in [5.41, 5.74) is 8.34. The van der Waals surface area contributed by atoms with E-state index in [1.165, 1.54) is 5.69 Å². The minimum absolute atomic E-state index is 0.315. The standard InChI is InChI=1S/C15H24N2O2/c1-3-18-11-19-15-5-4-14(10-12(15)2)17-8-6-13(16)7-9-17/h4-5,10,13H,3,6-9,11,16H2,1-2H3. The van der Waals surface area contributed by atoms with E-state index in [1.807, 2.05) is 13.0 Å². The van der Waals surface area contributed by atoms with Crippen LogP contribution < -0.4 is 15.4 Å². The van der Waals surface area contributed by atoms with Gasteiger partial charge in [-0.15, -0.1) is 0 Å². The number of benzene rings is 1. The Morgan fingerprint density at radius 3 is 2.68 bits per heavy atom. The Kier molecular flexibility index (Phi) is 5.05. The number of piperidine rings is 1. The molecule has 2 N–H and O–H groups in total. The second kappa shape index (κ2) is 6.78. The summed E-state index contributed by atoms with van der Waals surface area (Å²) in [6.07, 6.45) is 2.14. The van der Waals surface area contributed by atoms with Gasteiger partial charge in [0.25, 0.3) is 0 Å². The third-order valence-corrected chi connectivity index (χ3v) is 3.57. The first-order valence-corrected chi connectivity index (χ1v) is 7.02. The summed E-state index contributed by atoms with van der Waals surface area (Å²) in [6, 6.07) is 6.69. The van der Waals surface area contributed by atoms with E-state index in [1.54, 1.807) is 0 Å². The molecule has 2 rings (SSSR count). The van der Waals surface area contributed by atoms with Gasteiger partial charge >= 0.3 is 0 Å². The van der Waals surface area contributed by atoms with E-state index >= 15 is 0 Å². The fraction of sp³-hybridized carbons (Fsp3) is 0.600. The van der Waals surface area contributed by atoms with Crippen molar-refractivity contribution in [2.75, 3.05) is 31.4 Å². The summed E-state index contributed by atoms with van der Waals surface area (Å²) in [4.78, 5) is 2.39. The molecule has 1 aromatic carbocycles. The van der Waals surface area contributed by atoms with E-state index in [2.05, 4.69) is 24.0 Å². The van der Waals surface area contributed by atoms with E-state index in [4.69, 9.17) is 15.2 Å². The number of ether oxygens (including phenoxy) is 2. The van der Waals surface area contributed by atoms with Gasteiger partial charge in [-0.2, -0.15) is 0 Å². The molecule has 19 heavy (non-hydrogen) atoms. The zero-order valence-electron chi connectivity index (χ0n) is 11.9. The molecule has 0 aliphatic carbocycles. The Balaban J connectivity index is 1.98. The van der Waals surface area contributed by atoms with Gasteiger partial charge in [-0.3, -0.25) is 0 Å². The highest BCUT2D eigenvalue weighted by atomic mass is 16.7. The molecule has 4 nitrogen and oxygen atoms in total. The Bertz CT molecular complexity index is 401. The van der Waals surface area contributed by atoms with Gasteiger partial charge in [0.1, 0.15) is 5.75 Å². The van der Waals surface area contributed by atoms with Crippen LogP contribution in [0.25, 0.3) is 0 Å². The molecular weight excluding hydrogens is 240 g/mol. The molecule has 0 saturated carbocycles. The van der Waals surface area contributed by atoms with E-state index in [0.717, 1.165) is 37.2 Å². The SMILES string of the molecule is CCOCOc1ccc(N2CCC(N)CC2)cc1C. The molecule has 0 bridgehead atoms. The number of nitrogens with two attached hydrogens (primary N) is 1. The summed E-state index contributed by atoms with van der Waals surface area (Å²) in [6.45, 7) is 7.10. The molecule has 1 aliphatic heterocycles. The van der Waals surface area contributed by atoms with Crippen molar-refractivity contribution in [1.82, 2.24) is 0 Å². The predicted octanol–water partition coefficient (Wildman–Crippen LogP) is 2.30. The second-order valence-electron chi connectivity index (χ2n) is 5.03. The van der Waals surface area contributed by atoms with Gasteiger partial charge in [-0.1, -0.05) is 0 Å². The van der Waals surface area contributed by atoms with Crippen LogP contribution in [-0.2, 0) is 4.74 Å². The number of hydrogen-bond acceptors (Lipinski definition) is 4. The number of rotatable bonds is 5. The Hall–Kier alpha value is -1.26. The van der Waals surface area contributed by atoms with Crippen molar-refractivity contribution in [3.05, 3.63) is 23.8 Å². The molecule has 1 saturated heterocycles.